The summed E-state index contributed by atoms with van der Waals surface area (Å²) in [5.74, 6) is -0.601. The number of hydrogen-bond donors (Lipinski definition) is 0. The minimum absolute atomic E-state index is 0.301. The largest absolute Gasteiger partial charge is 0.277 e. The van der Waals surface area contributed by atoms with Crippen molar-refractivity contribution in [3.8, 4) is 0 Å². The quantitative estimate of drug-likeness (QED) is 0.764. The fourth-order valence-electron chi connectivity index (χ4n) is 2.36. The Hall–Kier alpha value is -3.40. The summed E-state index contributed by atoms with van der Waals surface area (Å²) in [5, 5.41) is 0. The molecule has 2 aromatic carbocycles. The van der Waals surface area contributed by atoms with Crippen molar-refractivity contribution in [3.05, 3.63) is 95.1 Å². The van der Waals surface area contributed by atoms with Gasteiger partial charge in [0.25, 0.3) is 11.8 Å². The fraction of sp³-hybridized carbons (Fsp3) is 0.0909. The van der Waals surface area contributed by atoms with Crippen LogP contribution in [0, 0.1) is 13.8 Å². The smallest absolute Gasteiger partial charge is 0.267 e. The van der Waals surface area contributed by atoms with Crippen LogP contribution in [0.1, 0.15) is 31.8 Å². The van der Waals surface area contributed by atoms with Crippen molar-refractivity contribution < 1.29 is 9.59 Å². The molecule has 4 nitrogen and oxygen atoms in total. The number of aliphatic imine (C=N–C) groups is 2. The molecule has 0 aliphatic heterocycles. The van der Waals surface area contributed by atoms with Gasteiger partial charge in [0.2, 0.25) is 0 Å². The molecule has 1 aliphatic rings. The average Bonchev–Trinajstić information content (AvgIpc) is 2.64. The van der Waals surface area contributed by atoms with Crippen LogP contribution in [-0.2, 0) is 0 Å². The van der Waals surface area contributed by atoms with E-state index in [9.17, 15) is 9.59 Å². The first-order chi connectivity index (χ1) is 12.5. The lowest BCUT2D eigenvalue weighted by Crippen LogP contribution is -2.06. The Labute approximate surface area is 152 Å². The maximum atomic E-state index is 12.2. The Morgan fingerprint density at radius 1 is 0.577 bits per heavy atom. The Morgan fingerprint density at radius 2 is 0.885 bits per heavy atom. The Kier molecular flexibility index (Phi) is 5.13. The molecule has 3 rings (SSSR count). The van der Waals surface area contributed by atoms with E-state index in [1.165, 1.54) is 0 Å². The number of nitrogens with zero attached hydrogens (tertiary/aromatic N) is 2. The molecular weight excluding hydrogens is 324 g/mol. The molecular formula is C22H18N2O2. The molecule has 0 N–H and O–H groups in total. The molecule has 2 amide bonds. The first kappa shape index (κ1) is 17.4. The van der Waals surface area contributed by atoms with Crippen molar-refractivity contribution in [1.82, 2.24) is 0 Å². The summed E-state index contributed by atoms with van der Waals surface area (Å²) in [7, 11) is 0. The monoisotopic (exact) mass is 342 g/mol. The normalized spacial score (nSPS) is 12.8. The van der Waals surface area contributed by atoms with Gasteiger partial charge < -0.3 is 0 Å². The van der Waals surface area contributed by atoms with Crippen LogP contribution < -0.4 is 0 Å². The van der Waals surface area contributed by atoms with Crippen LogP contribution in [0.25, 0.3) is 0 Å². The summed E-state index contributed by atoms with van der Waals surface area (Å²) in [6.07, 6.45) is 6.70. The minimum atomic E-state index is -0.301. The summed E-state index contributed by atoms with van der Waals surface area (Å²) in [6, 6.07) is 14.5. The molecule has 0 saturated carbocycles. The molecule has 0 heterocycles. The van der Waals surface area contributed by atoms with Crippen LogP contribution in [0.4, 0.5) is 0 Å². The summed E-state index contributed by atoms with van der Waals surface area (Å²) in [4.78, 5) is 32.5. The number of carbonyl (C=O) groups excluding carboxylic acids is 2. The number of amides is 2. The van der Waals surface area contributed by atoms with E-state index in [0.29, 0.717) is 22.6 Å². The molecule has 0 saturated heterocycles. The lowest BCUT2D eigenvalue weighted by atomic mass is 10.1. The van der Waals surface area contributed by atoms with Gasteiger partial charge in [-0.1, -0.05) is 35.4 Å². The van der Waals surface area contributed by atoms with Crippen molar-refractivity contribution in [1.29, 1.82) is 0 Å². The molecule has 0 aromatic heterocycles. The summed E-state index contributed by atoms with van der Waals surface area (Å²) < 4.78 is 0. The first-order valence-electron chi connectivity index (χ1n) is 8.27. The van der Waals surface area contributed by atoms with Crippen molar-refractivity contribution >= 4 is 23.2 Å². The SMILES string of the molecule is Cc1ccc(C(=O)N=C2C=CC(=NC(=O)c3ccc(C)cc3)C=C2)cc1. The molecule has 0 atom stereocenters. The van der Waals surface area contributed by atoms with Crippen LogP contribution >= 0.6 is 0 Å². The molecule has 128 valence electrons. The summed E-state index contributed by atoms with van der Waals surface area (Å²) in [6.45, 7) is 3.93. The van der Waals surface area contributed by atoms with Crippen molar-refractivity contribution in [2.75, 3.05) is 0 Å². The van der Waals surface area contributed by atoms with Crippen molar-refractivity contribution in [2.45, 2.75) is 13.8 Å². The van der Waals surface area contributed by atoms with Gasteiger partial charge in [-0.2, -0.15) is 0 Å². The van der Waals surface area contributed by atoms with Crippen LogP contribution in [-0.4, -0.2) is 23.2 Å². The van der Waals surface area contributed by atoms with Gasteiger partial charge in [-0.15, -0.1) is 0 Å². The fourth-order valence-corrected chi connectivity index (χ4v) is 2.36. The third-order valence-electron chi connectivity index (χ3n) is 3.91. The van der Waals surface area contributed by atoms with E-state index in [1.807, 2.05) is 38.1 Å². The number of aryl methyl sites for hydroxylation is 2. The lowest BCUT2D eigenvalue weighted by Gasteiger charge is -2.03. The Balaban J connectivity index is 1.70. The predicted molar refractivity (Wildman–Crippen MR) is 104 cm³/mol. The number of allylic oxidation sites excluding steroid dienone is 4. The molecule has 0 fully saturated rings. The Bertz CT molecular complexity index is 863. The highest BCUT2D eigenvalue weighted by molar-refractivity contribution is 6.23. The highest BCUT2D eigenvalue weighted by atomic mass is 16.1. The van der Waals surface area contributed by atoms with Gasteiger partial charge in [0.1, 0.15) is 0 Å². The van der Waals surface area contributed by atoms with Crippen LogP contribution in [0.3, 0.4) is 0 Å². The molecule has 0 radical (unpaired) electrons. The molecule has 26 heavy (non-hydrogen) atoms. The van der Waals surface area contributed by atoms with Crippen LogP contribution in [0.15, 0.2) is 82.8 Å². The van der Waals surface area contributed by atoms with Gasteiger partial charge in [-0.25, -0.2) is 9.98 Å². The number of benzene rings is 2. The third-order valence-corrected chi connectivity index (χ3v) is 3.91. The number of carbonyl (C=O) groups is 2. The van der Waals surface area contributed by atoms with E-state index in [-0.39, 0.29) is 11.8 Å². The maximum absolute atomic E-state index is 12.2. The van der Waals surface area contributed by atoms with Gasteiger partial charge in [0.15, 0.2) is 0 Å². The van der Waals surface area contributed by atoms with Crippen LogP contribution in [0.2, 0.25) is 0 Å². The van der Waals surface area contributed by atoms with Crippen LogP contribution in [0.5, 0.6) is 0 Å². The van der Waals surface area contributed by atoms with Gasteiger partial charge in [-0.3, -0.25) is 9.59 Å². The maximum Gasteiger partial charge on any atom is 0.277 e. The summed E-state index contributed by atoms with van der Waals surface area (Å²) >= 11 is 0. The molecule has 4 heteroatoms. The topological polar surface area (TPSA) is 58.9 Å². The molecule has 0 bridgehead atoms. The zero-order valence-corrected chi connectivity index (χ0v) is 14.6. The van der Waals surface area contributed by atoms with E-state index in [4.69, 9.17) is 0 Å². The van der Waals surface area contributed by atoms with Gasteiger partial charge in [-0.05, 0) is 62.4 Å². The molecule has 2 aromatic rings. The number of hydrogen-bond acceptors (Lipinski definition) is 2. The van der Waals surface area contributed by atoms with Gasteiger partial charge >= 0.3 is 0 Å². The lowest BCUT2D eigenvalue weighted by molar-refractivity contribution is 0.0994. The van der Waals surface area contributed by atoms with Gasteiger partial charge in [0.05, 0.1) is 11.4 Å². The second-order valence-corrected chi connectivity index (χ2v) is 6.08. The second kappa shape index (κ2) is 7.66. The van der Waals surface area contributed by atoms with Crippen molar-refractivity contribution in [2.24, 2.45) is 9.98 Å². The third kappa shape index (κ3) is 4.36. The highest BCUT2D eigenvalue weighted by Crippen LogP contribution is 2.08. The highest BCUT2D eigenvalue weighted by Gasteiger charge is 2.08. The standard InChI is InChI=1S/C22H18N2O2/c1-15-3-7-17(8-4-15)21(25)23-19-11-13-20(14-12-19)24-22(26)18-9-5-16(2)6-10-18/h3-14H,1-2H3. The molecule has 0 unspecified atom stereocenters. The zero-order chi connectivity index (χ0) is 18.5. The van der Waals surface area contributed by atoms with E-state index < -0.39 is 0 Å². The molecule has 0 spiro atoms. The van der Waals surface area contributed by atoms with E-state index in [1.54, 1.807) is 48.6 Å². The average molecular weight is 342 g/mol. The molecule has 1 aliphatic carbocycles. The second-order valence-electron chi connectivity index (χ2n) is 6.08. The van der Waals surface area contributed by atoms with E-state index in [2.05, 4.69) is 9.98 Å². The Morgan fingerprint density at radius 3 is 1.19 bits per heavy atom. The van der Waals surface area contributed by atoms with Gasteiger partial charge in [0, 0.05) is 11.1 Å². The number of rotatable bonds is 2. The predicted octanol–water partition coefficient (Wildman–Crippen LogP) is 4.29. The first-order valence-corrected chi connectivity index (χ1v) is 8.27. The zero-order valence-electron chi connectivity index (χ0n) is 14.6. The van der Waals surface area contributed by atoms with E-state index in [0.717, 1.165) is 11.1 Å². The van der Waals surface area contributed by atoms with Crippen molar-refractivity contribution in [3.63, 3.8) is 0 Å². The minimum Gasteiger partial charge on any atom is -0.267 e. The van der Waals surface area contributed by atoms with E-state index >= 15 is 0 Å². The summed E-state index contributed by atoms with van der Waals surface area (Å²) in [5.41, 5.74) is 4.31.